The number of rotatable bonds is 15. The van der Waals surface area contributed by atoms with Crippen LogP contribution in [0.15, 0.2) is 95.9 Å². The minimum Gasteiger partial charge on any atom is -0.480 e. The Morgan fingerprint density at radius 2 is 1.70 bits per heavy atom. The average molecular weight is 740 g/mol. The van der Waals surface area contributed by atoms with Crippen LogP contribution in [0.2, 0.25) is 0 Å². The van der Waals surface area contributed by atoms with Crippen LogP contribution in [0.3, 0.4) is 0 Å². The van der Waals surface area contributed by atoms with Crippen molar-refractivity contribution in [3.63, 3.8) is 0 Å². The van der Waals surface area contributed by atoms with Gasteiger partial charge < -0.3 is 33.9 Å². The van der Waals surface area contributed by atoms with E-state index >= 15 is 0 Å². The van der Waals surface area contributed by atoms with Gasteiger partial charge >= 0.3 is 29.5 Å². The molecule has 1 heterocycles. The number of para-hydroxylation sites is 1. The Morgan fingerprint density at radius 1 is 0.962 bits per heavy atom. The van der Waals surface area contributed by atoms with Gasteiger partial charge in [-0.05, 0) is 79.6 Å². The zero-order valence-corrected chi connectivity index (χ0v) is 28.7. The molecule has 2 unspecified atom stereocenters. The van der Waals surface area contributed by atoms with E-state index in [1.54, 1.807) is 44.2 Å². The normalized spacial score (nSPS) is 11.7. The molecule has 4 aromatic carbocycles. The van der Waals surface area contributed by atoms with Gasteiger partial charge in [0.25, 0.3) is 0 Å². The molecule has 17 heteroatoms. The van der Waals surface area contributed by atoms with Crippen LogP contribution in [0, 0.1) is 28.4 Å². The largest absolute Gasteiger partial charge is 0.480 e. The van der Waals surface area contributed by atoms with Gasteiger partial charge in [-0.15, -0.1) is 0 Å². The smallest absolute Gasteiger partial charge is 0.373 e. The number of aliphatic carboxylic acids is 1. The number of carbonyl (C=O) groups excluding carboxylic acids is 1. The lowest BCUT2D eigenvalue weighted by molar-refractivity contribution is -0.385. The maximum Gasteiger partial charge on any atom is 0.373 e. The molecule has 0 fully saturated rings. The molecule has 0 saturated heterocycles. The third kappa shape index (κ3) is 9.67. The van der Waals surface area contributed by atoms with Crippen LogP contribution in [0.4, 0.5) is 11.5 Å². The van der Waals surface area contributed by atoms with Crippen LogP contribution < -0.4 is 19.5 Å². The SMILES string of the molecule is CCOC(=O)c1cc(C)cc(Oc2nc(Oc3cc(C#N)ccc3Oc3ccccc3)nc(NC(Cc3ccc(S(=O)O)cc3)C(=O)O)c2[N+](=O)[O-])c1. The highest BCUT2D eigenvalue weighted by Gasteiger charge is 2.32. The fraction of sp³-hybridized carbons (Fsp3) is 0.139. The van der Waals surface area contributed by atoms with Crippen molar-refractivity contribution in [2.75, 3.05) is 11.9 Å². The molecule has 0 spiro atoms. The van der Waals surface area contributed by atoms with Gasteiger partial charge in [-0.25, -0.2) is 13.8 Å². The molecular weight excluding hydrogens is 710 g/mol. The van der Waals surface area contributed by atoms with E-state index in [0.29, 0.717) is 16.9 Å². The number of nitrogens with one attached hydrogen (secondary N) is 1. The number of nitriles is 1. The number of carboxylic acid groups (broad SMARTS) is 1. The fourth-order valence-corrected chi connectivity index (χ4v) is 5.21. The molecule has 5 aromatic rings. The molecule has 5 rings (SSSR count). The van der Waals surface area contributed by atoms with E-state index in [9.17, 15) is 38.8 Å². The lowest BCUT2D eigenvalue weighted by atomic mass is 10.1. The van der Waals surface area contributed by atoms with Crippen LogP contribution >= 0.6 is 0 Å². The predicted octanol–water partition coefficient (Wildman–Crippen LogP) is 6.81. The van der Waals surface area contributed by atoms with Crippen molar-refractivity contribution in [2.45, 2.75) is 31.2 Å². The number of nitro groups is 1. The first-order valence-corrected chi connectivity index (χ1v) is 16.7. The van der Waals surface area contributed by atoms with Gasteiger partial charge in [-0.2, -0.15) is 15.2 Å². The first-order chi connectivity index (χ1) is 25.4. The van der Waals surface area contributed by atoms with E-state index in [-0.39, 0.29) is 46.3 Å². The van der Waals surface area contributed by atoms with Crippen molar-refractivity contribution >= 4 is 34.5 Å². The van der Waals surface area contributed by atoms with Crippen molar-refractivity contribution in [2.24, 2.45) is 0 Å². The molecule has 0 aliphatic carbocycles. The number of carboxylic acids is 1. The highest BCUT2D eigenvalue weighted by atomic mass is 32.2. The first-order valence-electron chi connectivity index (χ1n) is 15.6. The van der Waals surface area contributed by atoms with Gasteiger partial charge in [0.15, 0.2) is 22.6 Å². The van der Waals surface area contributed by atoms with Crippen molar-refractivity contribution in [1.29, 1.82) is 5.26 Å². The Hall–Kier alpha value is -6.90. The second-order valence-corrected chi connectivity index (χ2v) is 12.0. The zero-order valence-electron chi connectivity index (χ0n) is 27.9. The van der Waals surface area contributed by atoms with Crippen LogP contribution in [0.5, 0.6) is 34.9 Å². The lowest BCUT2D eigenvalue weighted by Gasteiger charge is -2.18. The Bertz CT molecular complexity index is 2230. The Morgan fingerprint density at radius 3 is 2.34 bits per heavy atom. The van der Waals surface area contributed by atoms with E-state index in [1.165, 1.54) is 60.7 Å². The highest BCUT2D eigenvalue weighted by molar-refractivity contribution is 7.79. The van der Waals surface area contributed by atoms with Crippen molar-refractivity contribution in [1.82, 2.24) is 9.97 Å². The summed E-state index contributed by atoms with van der Waals surface area (Å²) >= 11 is -2.26. The second-order valence-electron chi connectivity index (χ2n) is 11.0. The maximum atomic E-state index is 12.6. The third-order valence-corrected chi connectivity index (χ3v) is 7.88. The number of carbonyl (C=O) groups is 2. The van der Waals surface area contributed by atoms with E-state index in [1.807, 2.05) is 6.07 Å². The van der Waals surface area contributed by atoms with Gasteiger partial charge in [0, 0.05) is 12.5 Å². The molecule has 0 aliphatic heterocycles. The summed E-state index contributed by atoms with van der Waals surface area (Å²) in [6.07, 6.45) is -0.249. The van der Waals surface area contributed by atoms with E-state index in [0.717, 1.165) is 0 Å². The van der Waals surface area contributed by atoms with Gasteiger partial charge in [0.1, 0.15) is 17.5 Å². The third-order valence-electron chi connectivity index (χ3n) is 7.21. The molecule has 270 valence electrons. The van der Waals surface area contributed by atoms with Crippen LogP contribution in [-0.2, 0) is 27.0 Å². The topological polar surface area (TPSA) is 233 Å². The minimum absolute atomic E-state index is 0.0533. The number of ether oxygens (including phenoxy) is 4. The monoisotopic (exact) mass is 739 g/mol. The van der Waals surface area contributed by atoms with Crippen LogP contribution in [0.1, 0.15) is 34.0 Å². The highest BCUT2D eigenvalue weighted by Crippen LogP contribution is 2.40. The molecule has 0 aliphatic rings. The number of hydrogen-bond donors (Lipinski definition) is 3. The molecule has 0 amide bonds. The fourth-order valence-electron chi connectivity index (χ4n) is 4.85. The minimum atomic E-state index is -2.26. The van der Waals surface area contributed by atoms with E-state index in [2.05, 4.69) is 15.3 Å². The summed E-state index contributed by atoms with van der Waals surface area (Å²) < 4.78 is 43.7. The summed E-state index contributed by atoms with van der Waals surface area (Å²) in [6.45, 7) is 3.38. The second kappa shape index (κ2) is 16.9. The number of hydrogen-bond acceptors (Lipinski definition) is 13. The molecule has 3 N–H and O–H groups in total. The average Bonchev–Trinajstić information content (AvgIpc) is 3.12. The van der Waals surface area contributed by atoms with Crippen LogP contribution in [0.25, 0.3) is 0 Å². The molecule has 53 heavy (non-hydrogen) atoms. The molecule has 0 saturated carbocycles. The Balaban J connectivity index is 1.62. The summed E-state index contributed by atoms with van der Waals surface area (Å²) in [6, 6.07) is 22.6. The van der Waals surface area contributed by atoms with Crippen molar-refractivity contribution in [3.8, 4) is 41.0 Å². The molecule has 2 atom stereocenters. The molecule has 0 bridgehead atoms. The number of benzene rings is 4. The first kappa shape index (κ1) is 37.4. The van der Waals surface area contributed by atoms with Crippen molar-refractivity contribution in [3.05, 3.63) is 123 Å². The molecule has 16 nitrogen and oxygen atoms in total. The van der Waals surface area contributed by atoms with Gasteiger partial charge in [0.05, 0.1) is 33.6 Å². The van der Waals surface area contributed by atoms with E-state index in [4.69, 9.17) is 18.9 Å². The maximum absolute atomic E-state index is 12.6. The van der Waals surface area contributed by atoms with Gasteiger partial charge in [-0.3, -0.25) is 10.1 Å². The number of aryl methyl sites for hydroxylation is 1. The Labute approximate surface area is 304 Å². The quantitative estimate of drug-likeness (QED) is 0.0433. The number of aromatic nitrogens is 2. The summed E-state index contributed by atoms with van der Waals surface area (Å²) in [5.74, 6) is -3.00. The molecule has 1 aromatic heterocycles. The number of esters is 1. The predicted molar refractivity (Wildman–Crippen MR) is 188 cm³/mol. The number of anilines is 1. The summed E-state index contributed by atoms with van der Waals surface area (Å²) in [5.41, 5.74) is 0.318. The molecular formula is C36H29N5O11S. The van der Waals surface area contributed by atoms with Crippen molar-refractivity contribution < 1.29 is 47.3 Å². The number of nitrogens with zero attached hydrogens (tertiary/aromatic N) is 4. The standard InChI is InChI=1S/C36H29N5O11S/c1-3-49-35(44)24-15-21(2)16-26(19-24)51-33-31(41(45)46)32(38-28(34(42)43)17-22-9-12-27(13-10-22)53(47)48)39-36(40-33)52-30-18-23(20-37)11-14-29(30)50-25-7-5-4-6-8-25/h4-16,18-19,28H,3,17H2,1-2H3,(H,42,43)(H,47,48)(H,38,39,40). The summed E-state index contributed by atoms with van der Waals surface area (Å²) in [5, 5.41) is 34.9. The van der Waals surface area contributed by atoms with Crippen LogP contribution in [-0.4, -0.2) is 53.3 Å². The van der Waals surface area contributed by atoms with Gasteiger partial charge in [-0.1, -0.05) is 30.3 Å². The van der Waals surface area contributed by atoms with E-state index < -0.39 is 57.4 Å². The molecule has 0 radical (unpaired) electrons. The lowest BCUT2D eigenvalue weighted by Crippen LogP contribution is -2.32. The van der Waals surface area contributed by atoms with Gasteiger partial charge in [0.2, 0.25) is 5.82 Å². The summed E-state index contributed by atoms with van der Waals surface area (Å²) in [7, 11) is 0. The summed E-state index contributed by atoms with van der Waals surface area (Å²) in [4.78, 5) is 45.2. The Kier molecular flexibility index (Phi) is 11.9. The zero-order chi connectivity index (χ0) is 38.1.